The molecule has 1 aliphatic heterocycles. The van der Waals surface area contributed by atoms with Crippen molar-refractivity contribution in [1.82, 2.24) is 10.3 Å². The zero-order chi connectivity index (χ0) is 18.8. The first-order chi connectivity index (χ1) is 13.1. The van der Waals surface area contributed by atoms with Gasteiger partial charge in [0.25, 0.3) is 5.91 Å². The van der Waals surface area contributed by atoms with Crippen LogP contribution in [0.1, 0.15) is 40.4 Å². The molecule has 2 aromatic heterocycles. The lowest BCUT2D eigenvalue weighted by atomic mass is 9.94. The lowest BCUT2D eigenvalue weighted by Crippen LogP contribution is -2.28. The van der Waals surface area contributed by atoms with E-state index in [9.17, 15) is 9.59 Å². The molecule has 3 aromatic rings. The molecule has 0 unspecified atom stereocenters. The summed E-state index contributed by atoms with van der Waals surface area (Å²) >= 11 is 0. The van der Waals surface area contributed by atoms with Gasteiger partial charge in [-0.3, -0.25) is 9.78 Å². The molecular formula is C21H21N3O3. The van der Waals surface area contributed by atoms with Crippen LogP contribution in [0.2, 0.25) is 0 Å². The zero-order valence-electron chi connectivity index (χ0n) is 15.1. The Balaban J connectivity index is 1.64. The Morgan fingerprint density at radius 2 is 2.04 bits per heavy atom. The van der Waals surface area contributed by atoms with E-state index >= 15 is 0 Å². The second-order valence-corrected chi connectivity index (χ2v) is 6.85. The van der Waals surface area contributed by atoms with Crippen molar-refractivity contribution in [2.45, 2.75) is 25.7 Å². The highest BCUT2D eigenvalue weighted by molar-refractivity contribution is 6.09. The summed E-state index contributed by atoms with van der Waals surface area (Å²) in [4.78, 5) is 29.6. The molecule has 138 valence electrons. The van der Waals surface area contributed by atoms with Gasteiger partial charge in [0.2, 0.25) is 0 Å². The minimum Gasteiger partial charge on any atom is -0.427 e. The lowest BCUT2D eigenvalue weighted by Gasteiger charge is -2.22. The number of aromatic nitrogens is 1. The molecule has 4 rings (SSSR count). The van der Waals surface area contributed by atoms with E-state index < -0.39 is 11.5 Å². The Labute approximate surface area is 156 Å². The number of piperidine rings is 1. The second-order valence-electron chi connectivity index (χ2n) is 6.85. The molecule has 27 heavy (non-hydrogen) atoms. The van der Waals surface area contributed by atoms with Crippen LogP contribution in [-0.4, -0.2) is 24.0 Å². The van der Waals surface area contributed by atoms with Crippen LogP contribution in [-0.2, 0) is 0 Å². The van der Waals surface area contributed by atoms with Gasteiger partial charge in [-0.05, 0) is 68.8 Å². The Bertz CT molecular complexity index is 1050. The first-order valence-electron chi connectivity index (χ1n) is 9.14. The van der Waals surface area contributed by atoms with Gasteiger partial charge in [-0.25, -0.2) is 4.79 Å². The standard InChI is InChI=1S/C21H21N3O3/c1-13-12-18(14-7-10-22-11-8-14)27-21(26)19(13)20(25)24-17-6-2-5-16-15(17)4-3-9-23-16/h2-6,9,12,14,22H,7-8,10-11H2,1H3,(H,24,25). The van der Waals surface area contributed by atoms with E-state index in [-0.39, 0.29) is 11.5 Å². The normalized spacial score (nSPS) is 15.0. The number of benzene rings is 1. The minimum absolute atomic E-state index is 0.0496. The lowest BCUT2D eigenvalue weighted by molar-refractivity contribution is 0.102. The summed E-state index contributed by atoms with van der Waals surface area (Å²) in [5, 5.41) is 6.95. The molecule has 1 aliphatic rings. The highest BCUT2D eigenvalue weighted by Gasteiger charge is 2.22. The van der Waals surface area contributed by atoms with E-state index in [0.29, 0.717) is 17.0 Å². The number of nitrogens with zero attached hydrogens (tertiary/aromatic N) is 1. The van der Waals surface area contributed by atoms with Crippen molar-refractivity contribution in [3.05, 3.63) is 69.9 Å². The molecule has 0 bridgehead atoms. The third-order valence-electron chi connectivity index (χ3n) is 5.03. The van der Waals surface area contributed by atoms with E-state index in [4.69, 9.17) is 4.42 Å². The maximum absolute atomic E-state index is 12.8. The minimum atomic E-state index is -0.584. The summed E-state index contributed by atoms with van der Waals surface area (Å²) in [5.74, 6) is 0.429. The van der Waals surface area contributed by atoms with Gasteiger partial charge in [-0.1, -0.05) is 6.07 Å². The third kappa shape index (κ3) is 3.48. The van der Waals surface area contributed by atoms with Crippen molar-refractivity contribution in [3.8, 4) is 0 Å². The molecule has 0 radical (unpaired) electrons. The number of aryl methyl sites for hydroxylation is 1. The van der Waals surface area contributed by atoms with E-state index in [1.54, 1.807) is 19.2 Å². The monoisotopic (exact) mass is 363 g/mol. The number of fused-ring (bicyclic) bond motifs is 1. The summed E-state index contributed by atoms with van der Waals surface area (Å²) in [7, 11) is 0. The Morgan fingerprint density at radius 1 is 1.22 bits per heavy atom. The fourth-order valence-electron chi connectivity index (χ4n) is 3.61. The number of anilines is 1. The van der Waals surface area contributed by atoms with Crippen LogP contribution in [0.4, 0.5) is 5.69 Å². The summed E-state index contributed by atoms with van der Waals surface area (Å²) in [6.45, 7) is 3.59. The van der Waals surface area contributed by atoms with Crippen LogP contribution < -0.4 is 16.3 Å². The molecule has 0 spiro atoms. The first-order valence-corrected chi connectivity index (χ1v) is 9.14. The molecule has 2 N–H and O–H groups in total. The summed E-state index contributed by atoms with van der Waals surface area (Å²) in [5.41, 5.74) is 1.50. The fraction of sp³-hybridized carbons (Fsp3) is 0.286. The highest BCUT2D eigenvalue weighted by atomic mass is 16.4. The molecular weight excluding hydrogens is 342 g/mol. The van der Waals surface area contributed by atoms with Gasteiger partial charge in [0, 0.05) is 17.5 Å². The first kappa shape index (κ1) is 17.4. The second kappa shape index (κ2) is 7.32. The predicted molar refractivity (Wildman–Crippen MR) is 104 cm³/mol. The number of nitrogens with one attached hydrogen (secondary N) is 2. The van der Waals surface area contributed by atoms with Gasteiger partial charge >= 0.3 is 5.63 Å². The number of carbonyl (C=O) groups excluding carboxylic acids is 1. The zero-order valence-corrected chi connectivity index (χ0v) is 15.1. The van der Waals surface area contributed by atoms with Gasteiger partial charge in [-0.2, -0.15) is 0 Å². The average molecular weight is 363 g/mol. The topological polar surface area (TPSA) is 84.2 Å². The van der Waals surface area contributed by atoms with Crippen LogP contribution in [0.3, 0.4) is 0 Å². The maximum Gasteiger partial charge on any atom is 0.349 e. The molecule has 3 heterocycles. The van der Waals surface area contributed by atoms with Crippen molar-refractivity contribution in [2.75, 3.05) is 18.4 Å². The van der Waals surface area contributed by atoms with E-state index in [1.165, 1.54) is 0 Å². The fourth-order valence-corrected chi connectivity index (χ4v) is 3.61. The van der Waals surface area contributed by atoms with Gasteiger partial charge in [0.1, 0.15) is 11.3 Å². The number of hydrogen-bond acceptors (Lipinski definition) is 5. The number of pyridine rings is 1. The molecule has 1 aromatic carbocycles. The predicted octanol–water partition coefficient (Wildman–Crippen LogP) is 3.22. The Morgan fingerprint density at radius 3 is 2.81 bits per heavy atom. The molecule has 6 nitrogen and oxygen atoms in total. The smallest absolute Gasteiger partial charge is 0.349 e. The number of carbonyl (C=O) groups is 1. The SMILES string of the molecule is Cc1cc(C2CCNCC2)oc(=O)c1C(=O)Nc1cccc2ncccc12. The van der Waals surface area contributed by atoms with Crippen LogP contribution in [0.5, 0.6) is 0 Å². The van der Waals surface area contributed by atoms with Crippen LogP contribution in [0.25, 0.3) is 10.9 Å². The maximum atomic E-state index is 12.8. The van der Waals surface area contributed by atoms with Crippen LogP contribution >= 0.6 is 0 Å². The third-order valence-corrected chi connectivity index (χ3v) is 5.03. The quantitative estimate of drug-likeness (QED) is 0.746. The van der Waals surface area contributed by atoms with Gasteiger partial charge in [0.15, 0.2) is 0 Å². The summed E-state index contributed by atoms with van der Waals surface area (Å²) < 4.78 is 5.52. The average Bonchev–Trinajstić information content (AvgIpc) is 2.68. The number of amides is 1. The van der Waals surface area contributed by atoms with E-state index in [2.05, 4.69) is 15.6 Å². The van der Waals surface area contributed by atoms with Crippen molar-refractivity contribution < 1.29 is 9.21 Å². The van der Waals surface area contributed by atoms with Gasteiger partial charge in [-0.15, -0.1) is 0 Å². The Hall–Kier alpha value is -2.99. The molecule has 6 heteroatoms. The van der Waals surface area contributed by atoms with Crippen LogP contribution in [0.15, 0.2) is 51.8 Å². The van der Waals surface area contributed by atoms with Gasteiger partial charge in [0.05, 0.1) is 11.2 Å². The van der Waals surface area contributed by atoms with Crippen molar-refractivity contribution in [1.29, 1.82) is 0 Å². The molecule has 1 fully saturated rings. The van der Waals surface area contributed by atoms with Crippen molar-refractivity contribution in [2.24, 2.45) is 0 Å². The van der Waals surface area contributed by atoms with Gasteiger partial charge < -0.3 is 15.1 Å². The summed E-state index contributed by atoms with van der Waals surface area (Å²) in [6, 6.07) is 11.0. The Kier molecular flexibility index (Phi) is 4.73. The molecule has 0 saturated carbocycles. The number of hydrogen-bond donors (Lipinski definition) is 2. The largest absolute Gasteiger partial charge is 0.427 e. The van der Waals surface area contributed by atoms with E-state index in [0.717, 1.165) is 36.8 Å². The molecule has 0 aliphatic carbocycles. The van der Waals surface area contributed by atoms with Crippen molar-refractivity contribution >= 4 is 22.5 Å². The summed E-state index contributed by atoms with van der Waals surface area (Å²) in [6.07, 6.45) is 3.56. The molecule has 0 atom stereocenters. The molecule has 1 saturated heterocycles. The molecule has 1 amide bonds. The number of rotatable bonds is 3. The highest BCUT2D eigenvalue weighted by Crippen LogP contribution is 2.26. The van der Waals surface area contributed by atoms with E-state index in [1.807, 2.05) is 30.3 Å². The van der Waals surface area contributed by atoms with Crippen molar-refractivity contribution in [3.63, 3.8) is 0 Å². The van der Waals surface area contributed by atoms with Crippen LogP contribution in [0, 0.1) is 6.92 Å².